The molecule has 0 spiro atoms. The lowest BCUT2D eigenvalue weighted by molar-refractivity contribution is -0.124. The predicted octanol–water partition coefficient (Wildman–Crippen LogP) is 0.776. The summed E-state index contributed by atoms with van der Waals surface area (Å²) in [6.45, 7) is 0. The summed E-state index contributed by atoms with van der Waals surface area (Å²) in [6, 6.07) is 8.33. The van der Waals surface area contributed by atoms with Gasteiger partial charge in [0.1, 0.15) is 0 Å². The van der Waals surface area contributed by atoms with E-state index in [1.165, 1.54) is 16.9 Å². The van der Waals surface area contributed by atoms with Gasteiger partial charge in [0, 0.05) is 30.6 Å². The lowest BCUT2D eigenvalue weighted by Gasteiger charge is -2.10. The second kappa shape index (κ2) is 5.93. The Balaban J connectivity index is 1.70. The van der Waals surface area contributed by atoms with Crippen molar-refractivity contribution in [1.29, 1.82) is 0 Å². The standard InChI is InChI=1S/C15H15N5O3/c1-20-8-10(7-16-20)14(22)15(23)17-11-4-2-9(3-5-11)12-6-13(21)19-18-12/h2-8,14,22H,1H3,(H,17,23)(H2,18,19,21). The van der Waals surface area contributed by atoms with Crippen molar-refractivity contribution < 1.29 is 9.90 Å². The van der Waals surface area contributed by atoms with Gasteiger partial charge in [0.2, 0.25) is 0 Å². The fourth-order valence-corrected chi connectivity index (χ4v) is 2.16. The Morgan fingerprint density at radius 3 is 2.61 bits per heavy atom. The zero-order chi connectivity index (χ0) is 16.4. The third-order valence-corrected chi connectivity index (χ3v) is 3.35. The molecule has 1 atom stereocenters. The number of H-pyrrole nitrogens is 2. The maximum absolute atomic E-state index is 12.0. The highest BCUT2D eigenvalue weighted by Gasteiger charge is 2.18. The van der Waals surface area contributed by atoms with Crippen molar-refractivity contribution in [2.45, 2.75) is 6.10 Å². The minimum absolute atomic E-state index is 0.211. The first-order valence-electron chi connectivity index (χ1n) is 6.88. The van der Waals surface area contributed by atoms with Gasteiger partial charge in [-0.3, -0.25) is 24.5 Å². The summed E-state index contributed by atoms with van der Waals surface area (Å²) in [5.74, 6) is -0.541. The van der Waals surface area contributed by atoms with E-state index in [2.05, 4.69) is 20.6 Å². The quantitative estimate of drug-likeness (QED) is 0.569. The largest absolute Gasteiger partial charge is 0.378 e. The van der Waals surface area contributed by atoms with Crippen LogP contribution in [0.25, 0.3) is 11.3 Å². The summed E-state index contributed by atoms with van der Waals surface area (Å²) < 4.78 is 1.51. The van der Waals surface area contributed by atoms with Gasteiger partial charge in [0.05, 0.1) is 11.9 Å². The highest BCUT2D eigenvalue weighted by atomic mass is 16.3. The molecule has 0 radical (unpaired) electrons. The van der Waals surface area contributed by atoms with Crippen LogP contribution in [0.1, 0.15) is 11.7 Å². The average molecular weight is 313 g/mol. The first-order valence-corrected chi connectivity index (χ1v) is 6.88. The second-order valence-corrected chi connectivity index (χ2v) is 5.09. The molecule has 3 rings (SSSR count). The molecule has 0 aliphatic carbocycles. The van der Waals surface area contributed by atoms with Crippen LogP contribution in [-0.2, 0) is 11.8 Å². The van der Waals surface area contributed by atoms with Gasteiger partial charge in [-0.25, -0.2) is 0 Å². The minimum Gasteiger partial charge on any atom is -0.378 e. The number of nitrogens with one attached hydrogen (secondary N) is 3. The van der Waals surface area contributed by atoms with Gasteiger partial charge in [0.15, 0.2) is 6.10 Å². The number of aryl methyl sites for hydroxylation is 1. The SMILES string of the molecule is Cn1cc(C(O)C(=O)Nc2ccc(-c3cc(=O)[nH][nH]3)cc2)cn1. The summed E-state index contributed by atoms with van der Waals surface area (Å²) >= 11 is 0. The normalized spacial score (nSPS) is 12.1. The van der Waals surface area contributed by atoms with Crippen molar-refractivity contribution >= 4 is 11.6 Å². The fraction of sp³-hybridized carbons (Fsp3) is 0.133. The van der Waals surface area contributed by atoms with Crippen molar-refractivity contribution in [2.75, 3.05) is 5.32 Å². The van der Waals surface area contributed by atoms with E-state index in [0.29, 0.717) is 16.9 Å². The lowest BCUT2D eigenvalue weighted by Crippen LogP contribution is -2.20. The van der Waals surface area contributed by atoms with E-state index >= 15 is 0 Å². The molecule has 1 unspecified atom stereocenters. The number of hydrogen-bond acceptors (Lipinski definition) is 4. The molecule has 0 fully saturated rings. The van der Waals surface area contributed by atoms with E-state index in [1.54, 1.807) is 37.5 Å². The minimum atomic E-state index is -1.29. The number of aliphatic hydroxyl groups excluding tert-OH is 1. The molecule has 8 nitrogen and oxygen atoms in total. The first kappa shape index (κ1) is 14.8. The maximum Gasteiger partial charge on any atom is 0.264 e. The summed E-state index contributed by atoms with van der Waals surface area (Å²) in [4.78, 5) is 23.1. The third-order valence-electron chi connectivity index (χ3n) is 3.35. The highest BCUT2D eigenvalue weighted by molar-refractivity contribution is 5.94. The molecule has 0 bridgehead atoms. The molecule has 2 aromatic heterocycles. The van der Waals surface area contributed by atoms with Gasteiger partial charge in [-0.05, 0) is 17.7 Å². The lowest BCUT2D eigenvalue weighted by atomic mass is 10.1. The number of benzene rings is 1. The fourth-order valence-electron chi connectivity index (χ4n) is 2.16. The second-order valence-electron chi connectivity index (χ2n) is 5.09. The first-order chi connectivity index (χ1) is 11.0. The van der Waals surface area contributed by atoms with E-state index in [-0.39, 0.29) is 5.56 Å². The molecule has 0 saturated heterocycles. The summed E-state index contributed by atoms with van der Waals surface area (Å²) in [5, 5.41) is 21.7. The van der Waals surface area contributed by atoms with Crippen molar-refractivity contribution in [3.8, 4) is 11.3 Å². The van der Waals surface area contributed by atoms with Gasteiger partial charge in [-0.1, -0.05) is 12.1 Å². The van der Waals surface area contributed by atoms with Crippen molar-refractivity contribution in [3.05, 3.63) is 58.6 Å². The number of rotatable bonds is 4. The molecular formula is C15H15N5O3. The van der Waals surface area contributed by atoms with Crippen LogP contribution in [0.5, 0.6) is 0 Å². The number of carbonyl (C=O) groups is 1. The Hall–Kier alpha value is -3.13. The van der Waals surface area contributed by atoms with Crippen LogP contribution >= 0.6 is 0 Å². The van der Waals surface area contributed by atoms with E-state index in [9.17, 15) is 14.7 Å². The van der Waals surface area contributed by atoms with Gasteiger partial charge in [-0.2, -0.15) is 5.10 Å². The molecular weight excluding hydrogens is 298 g/mol. The number of carbonyl (C=O) groups excluding carboxylic acids is 1. The molecule has 3 aromatic rings. The van der Waals surface area contributed by atoms with Gasteiger partial charge < -0.3 is 10.4 Å². The Labute approximate surface area is 130 Å². The molecule has 8 heteroatoms. The molecule has 4 N–H and O–H groups in total. The molecule has 1 aromatic carbocycles. The smallest absolute Gasteiger partial charge is 0.264 e. The number of hydrogen-bond donors (Lipinski definition) is 4. The zero-order valence-corrected chi connectivity index (χ0v) is 12.3. The van der Waals surface area contributed by atoms with Crippen LogP contribution in [0.3, 0.4) is 0 Å². The van der Waals surface area contributed by atoms with Crippen molar-refractivity contribution in [3.63, 3.8) is 0 Å². The highest BCUT2D eigenvalue weighted by Crippen LogP contribution is 2.19. The van der Waals surface area contributed by atoms with Crippen LogP contribution < -0.4 is 10.9 Å². The third kappa shape index (κ3) is 3.22. The van der Waals surface area contributed by atoms with Crippen molar-refractivity contribution in [2.24, 2.45) is 7.05 Å². The number of nitrogens with zero attached hydrogens (tertiary/aromatic N) is 2. The van der Waals surface area contributed by atoms with Crippen LogP contribution in [-0.4, -0.2) is 31.0 Å². The Morgan fingerprint density at radius 2 is 2.04 bits per heavy atom. The molecule has 23 heavy (non-hydrogen) atoms. The molecule has 118 valence electrons. The zero-order valence-electron chi connectivity index (χ0n) is 12.3. The maximum atomic E-state index is 12.0. The molecule has 0 saturated carbocycles. The number of anilines is 1. The summed E-state index contributed by atoms with van der Waals surface area (Å²) in [5.41, 5.74) is 2.21. The van der Waals surface area contributed by atoms with E-state index in [0.717, 1.165) is 5.56 Å². The van der Waals surface area contributed by atoms with Gasteiger partial charge in [-0.15, -0.1) is 0 Å². The molecule has 0 aliphatic heterocycles. The number of aliphatic hydroxyl groups is 1. The molecule has 1 amide bonds. The number of aromatic amines is 2. The molecule has 2 heterocycles. The Bertz CT molecular complexity index is 875. The van der Waals surface area contributed by atoms with Gasteiger partial charge in [0.25, 0.3) is 11.5 Å². The van der Waals surface area contributed by atoms with Crippen molar-refractivity contribution in [1.82, 2.24) is 20.0 Å². The van der Waals surface area contributed by atoms with E-state index < -0.39 is 12.0 Å². The van der Waals surface area contributed by atoms with Crippen LogP contribution in [0, 0.1) is 0 Å². The Morgan fingerprint density at radius 1 is 1.30 bits per heavy atom. The predicted molar refractivity (Wildman–Crippen MR) is 83.6 cm³/mol. The number of aromatic nitrogens is 4. The van der Waals surface area contributed by atoms with Crippen LogP contribution in [0.15, 0.2) is 47.5 Å². The average Bonchev–Trinajstić information content (AvgIpc) is 3.16. The molecule has 0 aliphatic rings. The summed E-state index contributed by atoms with van der Waals surface area (Å²) in [7, 11) is 1.71. The number of amides is 1. The van der Waals surface area contributed by atoms with Gasteiger partial charge >= 0.3 is 0 Å². The monoisotopic (exact) mass is 313 g/mol. The van der Waals surface area contributed by atoms with Crippen LogP contribution in [0.2, 0.25) is 0 Å². The van der Waals surface area contributed by atoms with Crippen LogP contribution in [0.4, 0.5) is 5.69 Å². The summed E-state index contributed by atoms with van der Waals surface area (Å²) in [6.07, 6.45) is 1.73. The Kier molecular flexibility index (Phi) is 3.82. The van der Waals surface area contributed by atoms with E-state index in [4.69, 9.17) is 0 Å². The topological polar surface area (TPSA) is 116 Å². The van der Waals surface area contributed by atoms with E-state index in [1.807, 2.05) is 0 Å².